The summed E-state index contributed by atoms with van der Waals surface area (Å²) in [6, 6.07) is 4.07. The van der Waals surface area contributed by atoms with Gasteiger partial charge in [0.2, 0.25) is 0 Å². The third-order valence-corrected chi connectivity index (χ3v) is 5.08. The number of nitrogens with one attached hydrogen (secondary N) is 1. The zero-order valence-electron chi connectivity index (χ0n) is 11.2. The van der Waals surface area contributed by atoms with Gasteiger partial charge in [-0.25, -0.2) is 4.98 Å². The first-order valence-electron chi connectivity index (χ1n) is 6.27. The molecule has 4 nitrogen and oxygen atoms in total. The first kappa shape index (κ1) is 18.4. The highest BCUT2D eigenvalue weighted by Crippen LogP contribution is 2.31. The average molecular weight is 366 g/mol. The molecule has 3 rings (SSSR count). The summed E-state index contributed by atoms with van der Waals surface area (Å²) in [5.41, 5.74) is 6.44. The maximum Gasteiger partial charge on any atom is 0.270 e. The fourth-order valence-electron chi connectivity index (χ4n) is 1.88. The second-order valence-electron chi connectivity index (χ2n) is 4.73. The van der Waals surface area contributed by atoms with Crippen LogP contribution in [-0.4, -0.2) is 23.5 Å². The topological polar surface area (TPSA) is 68.0 Å². The number of thiophene rings is 1. The summed E-state index contributed by atoms with van der Waals surface area (Å²) in [6.07, 6.45) is 2.38. The van der Waals surface area contributed by atoms with Gasteiger partial charge in [-0.1, -0.05) is 6.07 Å². The summed E-state index contributed by atoms with van der Waals surface area (Å²) in [4.78, 5) is 17.4. The second-order valence-corrected chi connectivity index (χ2v) is 6.53. The summed E-state index contributed by atoms with van der Waals surface area (Å²) in [7, 11) is 0. The first-order chi connectivity index (χ1) is 9.24. The van der Waals surface area contributed by atoms with E-state index >= 15 is 0 Å². The maximum absolute atomic E-state index is 12.0. The molecule has 2 aromatic rings. The number of carbonyl (C=O) groups excluding carboxylic acids is 1. The lowest BCUT2D eigenvalue weighted by Gasteiger charge is -2.10. The lowest BCUT2D eigenvalue weighted by molar-refractivity contribution is 0.0946. The van der Waals surface area contributed by atoms with Gasteiger partial charge in [0.25, 0.3) is 5.91 Å². The Hall–Kier alpha value is -0.660. The van der Waals surface area contributed by atoms with E-state index in [-0.39, 0.29) is 36.8 Å². The predicted octanol–water partition coefficient (Wildman–Crippen LogP) is 3.18. The highest BCUT2D eigenvalue weighted by atomic mass is 35.5. The van der Waals surface area contributed by atoms with Gasteiger partial charge >= 0.3 is 0 Å². The van der Waals surface area contributed by atoms with Crippen LogP contribution in [0.3, 0.4) is 0 Å². The van der Waals surface area contributed by atoms with Crippen molar-refractivity contribution in [3.63, 3.8) is 0 Å². The molecule has 0 radical (unpaired) electrons. The monoisotopic (exact) mass is 365 g/mol. The molecule has 2 aromatic heterocycles. The molecule has 3 N–H and O–H groups in total. The summed E-state index contributed by atoms with van der Waals surface area (Å²) in [5.74, 6) is 0.465. The largest absolute Gasteiger partial charge is 0.349 e. The van der Waals surface area contributed by atoms with Crippen molar-refractivity contribution in [2.45, 2.75) is 18.9 Å². The van der Waals surface area contributed by atoms with E-state index in [0.29, 0.717) is 18.2 Å². The average Bonchev–Trinajstić information content (AvgIpc) is 2.94. The zero-order valence-corrected chi connectivity index (χ0v) is 14.4. The molecule has 0 spiro atoms. The maximum atomic E-state index is 12.0. The highest BCUT2D eigenvalue weighted by Gasteiger charge is 2.28. The fraction of sp³-hybridized carbons (Fsp3) is 0.385. The number of hydrogen-bond acceptors (Lipinski definition) is 5. The van der Waals surface area contributed by atoms with E-state index in [9.17, 15) is 4.79 Å². The van der Waals surface area contributed by atoms with Gasteiger partial charge in [0.05, 0.1) is 4.88 Å². The molecule has 0 aliphatic heterocycles. The molecule has 1 aliphatic carbocycles. The van der Waals surface area contributed by atoms with Crippen molar-refractivity contribution in [3.05, 3.63) is 28.6 Å². The van der Waals surface area contributed by atoms with Crippen molar-refractivity contribution in [3.8, 4) is 9.88 Å². The normalized spacial score (nSPS) is 14.7. The van der Waals surface area contributed by atoms with E-state index in [1.54, 1.807) is 16.7 Å². The number of thiazole rings is 1. The minimum Gasteiger partial charge on any atom is -0.349 e. The van der Waals surface area contributed by atoms with Gasteiger partial charge in [-0.2, -0.15) is 0 Å². The Morgan fingerprint density at radius 1 is 1.43 bits per heavy atom. The van der Waals surface area contributed by atoms with Crippen LogP contribution in [0.1, 0.15) is 23.3 Å². The molecule has 0 saturated heterocycles. The van der Waals surface area contributed by atoms with E-state index in [1.807, 2.05) is 17.5 Å². The van der Waals surface area contributed by atoms with Crippen LogP contribution < -0.4 is 11.1 Å². The predicted molar refractivity (Wildman–Crippen MR) is 93.0 cm³/mol. The summed E-state index contributed by atoms with van der Waals surface area (Å²) < 4.78 is 0. The molecule has 1 amide bonds. The quantitative estimate of drug-likeness (QED) is 0.854. The van der Waals surface area contributed by atoms with E-state index in [4.69, 9.17) is 5.73 Å². The van der Waals surface area contributed by atoms with Crippen LogP contribution in [0.25, 0.3) is 9.88 Å². The standard InChI is InChI=1S/C13H15N3OS2.2ClH/c14-9(8-3-4-8)6-15-12(17)10-7-19-13(16-10)11-2-1-5-18-11;;/h1-2,5,7-9H,3-4,6,14H2,(H,15,17);2*1H. The molecule has 1 atom stereocenters. The molecule has 2 heterocycles. The van der Waals surface area contributed by atoms with Gasteiger partial charge in [0.1, 0.15) is 10.7 Å². The van der Waals surface area contributed by atoms with E-state index in [0.717, 1.165) is 9.88 Å². The molecule has 0 aromatic carbocycles. The van der Waals surface area contributed by atoms with Crippen molar-refractivity contribution >= 4 is 53.4 Å². The van der Waals surface area contributed by atoms with Crippen LogP contribution in [0.4, 0.5) is 0 Å². The number of hydrogen-bond donors (Lipinski definition) is 2. The van der Waals surface area contributed by atoms with E-state index in [1.165, 1.54) is 24.2 Å². The summed E-state index contributed by atoms with van der Waals surface area (Å²) in [5, 5.41) is 7.56. The van der Waals surface area contributed by atoms with Crippen LogP contribution in [0.5, 0.6) is 0 Å². The number of nitrogens with two attached hydrogens (primary N) is 1. The molecular weight excluding hydrogens is 349 g/mol. The Morgan fingerprint density at radius 3 is 2.81 bits per heavy atom. The molecular formula is C13H17Cl2N3OS2. The zero-order chi connectivity index (χ0) is 13.2. The van der Waals surface area contributed by atoms with Crippen molar-refractivity contribution in [2.24, 2.45) is 11.7 Å². The van der Waals surface area contributed by atoms with Crippen LogP contribution in [0.2, 0.25) is 0 Å². The number of aromatic nitrogens is 1. The number of amides is 1. The van der Waals surface area contributed by atoms with Gasteiger partial charge in [-0.3, -0.25) is 4.79 Å². The fourth-order valence-corrected chi connectivity index (χ4v) is 3.50. The molecule has 1 unspecified atom stereocenters. The highest BCUT2D eigenvalue weighted by molar-refractivity contribution is 7.20. The van der Waals surface area contributed by atoms with Crippen molar-refractivity contribution in [2.75, 3.05) is 6.54 Å². The lowest BCUT2D eigenvalue weighted by Crippen LogP contribution is -2.38. The number of rotatable bonds is 5. The summed E-state index contributed by atoms with van der Waals surface area (Å²) >= 11 is 3.12. The molecule has 8 heteroatoms. The number of halogens is 2. The van der Waals surface area contributed by atoms with Gasteiger partial charge in [-0.05, 0) is 30.2 Å². The van der Waals surface area contributed by atoms with Gasteiger partial charge in [0.15, 0.2) is 0 Å². The second kappa shape index (κ2) is 8.10. The molecule has 1 saturated carbocycles. The number of nitrogens with zero attached hydrogens (tertiary/aromatic N) is 1. The van der Waals surface area contributed by atoms with Crippen molar-refractivity contribution < 1.29 is 4.79 Å². The molecule has 116 valence electrons. The van der Waals surface area contributed by atoms with Gasteiger partial charge in [-0.15, -0.1) is 47.5 Å². The minimum absolute atomic E-state index is 0. The molecule has 0 bridgehead atoms. The van der Waals surface area contributed by atoms with Gasteiger partial charge < -0.3 is 11.1 Å². The molecule has 1 fully saturated rings. The molecule has 1 aliphatic rings. The number of carbonyl (C=O) groups is 1. The van der Waals surface area contributed by atoms with Crippen LogP contribution >= 0.6 is 47.5 Å². The minimum atomic E-state index is -0.129. The van der Waals surface area contributed by atoms with Gasteiger partial charge in [0, 0.05) is 18.0 Å². The Labute approximate surface area is 144 Å². The smallest absolute Gasteiger partial charge is 0.270 e. The van der Waals surface area contributed by atoms with Crippen molar-refractivity contribution in [1.82, 2.24) is 10.3 Å². The van der Waals surface area contributed by atoms with E-state index in [2.05, 4.69) is 10.3 Å². The van der Waals surface area contributed by atoms with Crippen LogP contribution in [0, 0.1) is 5.92 Å². The third kappa shape index (κ3) is 4.66. The Balaban J connectivity index is 0.00000110. The third-order valence-electron chi connectivity index (χ3n) is 3.19. The SMILES string of the molecule is Cl.Cl.NC(CNC(=O)c1csc(-c2cccs2)n1)C1CC1. The lowest BCUT2D eigenvalue weighted by atomic mass is 10.2. The Kier molecular flexibility index (Phi) is 7.09. The van der Waals surface area contributed by atoms with Crippen LogP contribution in [0.15, 0.2) is 22.9 Å². The van der Waals surface area contributed by atoms with Crippen LogP contribution in [-0.2, 0) is 0 Å². The van der Waals surface area contributed by atoms with E-state index < -0.39 is 0 Å². The first-order valence-corrected chi connectivity index (χ1v) is 8.03. The summed E-state index contributed by atoms with van der Waals surface area (Å²) in [6.45, 7) is 0.537. The molecule has 21 heavy (non-hydrogen) atoms. The Morgan fingerprint density at radius 2 is 2.19 bits per heavy atom. The Bertz CT molecular complexity index is 570. The van der Waals surface area contributed by atoms with Crippen molar-refractivity contribution in [1.29, 1.82) is 0 Å².